The summed E-state index contributed by atoms with van der Waals surface area (Å²) in [6, 6.07) is 15.5. The van der Waals surface area contributed by atoms with Crippen LogP contribution in [0.15, 0.2) is 60.1 Å². The first kappa shape index (κ1) is 17.1. The summed E-state index contributed by atoms with van der Waals surface area (Å²) in [5.74, 6) is -0.290. The SMILES string of the molecule is Cc1ccc(-n2nnc(C(=O)Nc3cccc(-c4nccs4)c3)c2C)cc1. The van der Waals surface area contributed by atoms with Gasteiger partial charge in [-0.3, -0.25) is 4.79 Å². The third-order valence-corrected chi connectivity index (χ3v) is 5.01. The molecule has 0 aliphatic heterocycles. The lowest BCUT2D eigenvalue weighted by Crippen LogP contribution is -2.14. The molecule has 0 atom stereocenters. The molecule has 1 amide bonds. The molecule has 2 aromatic heterocycles. The van der Waals surface area contributed by atoms with Crippen LogP contribution in [0.4, 0.5) is 5.69 Å². The molecule has 0 bridgehead atoms. The molecular formula is C20H17N5OS. The Balaban J connectivity index is 1.57. The monoisotopic (exact) mass is 375 g/mol. The summed E-state index contributed by atoms with van der Waals surface area (Å²) in [4.78, 5) is 17.0. The van der Waals surface area contributed by atoms with Crippen molar-refractivity contribution >= 4 is 22.9 Å². The molecule has 0 aliphatic rings. The molecular weight excluding hydrogens is 358 g/mol. The Labute approximate surface area is 160 Å². The quantitative estimate of drug-likeness (QED) is 0.578. The van der Waals surface area contributed by atoms with Crippen molar-refractivity contribution < 1.29 is 4.79 Å². The minimum Gasteiger partial charge on any atom is -0.321 e. The van der Waals surface area contributed by atoms with Crippen molar-refractivity contribution in [3.05, 3.63) is 77.1 Å². The maximum absolute atomic E-state index is 12.7. The van der Waals surface area contributed by atoms with Crippen molar-refractivity contribution in [1.29, 1.82) is 0 Å². The molecule has 2 heterocycles. The molecule has 6 nitrogen and oxygen atoms in total. The van der Waals surface area contributed by atoms with Gasteiger partial charge >= 0.3 is 0 Å². The van der Waals surface area contributed by atoms with Gasteiger partial charge in [-0.05, 0) is 38.1 Å². The van der Waals surface area contributed by atoms with Gasteiger partial charge in [-0.15, -0.1) is 16.4 Å². The maximum Gasteiger partial charge on any atom is 0.278 e. The van der Waals surface area contributed by atoms with E-state index in [0.717, 1.165) is 21.8 Å². The van der Waals surface area contributed by atoms with Gasteiger partial charge in [0.2, 0.25) is 0 Å². The Hall–Kier alpha value is -3.32. The second-order valence-electron chi connectivity index (χ2n) is 6.14. The Morgan fingerprint density at radius 1 is 1.11 bits per heavy atom. The number of amides is 1. The number of carbonyl (C=O) groups excluding carboxylic acids is 1. The summed E-state index contributed by atoms with van der Waals surface area (Å²) < 4.78 is 1.67. The lowest BCUT2D eigenvalue weighted by atomic mass is 10.2. The Morgan fingerprint density at radius 2 is 1.93 bits per heavy atom. The largest absolute Gasteiger partial charge is 0.321 e. The van der Waals surface area contributed by atoms with E-state index in [2.05, 4.69) is 20.6 Å². The lowest BCUT2D eigenvalue weighted by molar-refractivity contribution is 0.102. The lowest BCUT2D eigenvalue weighted by Gasteiger charge is -2.06. The van der Waals surface area contributed by atoms with Crippen molar-refractivity contribution in [3.8, 4) is 16.3 Å². The first-order valence-electron chi connectivity index (χ1n) is 8.42. The number of aromatic nitrogens is 4. The maximum atomic E-state index is 12.7. The Morgan fingerprint density at radius 3 is 2.67 bits per heavy atom. The van der Waals surface area contributed by atoms with Crippen LogP contribution >= 0.6 is 11.3 Å². The van der Waals surface area contributed by atoms with Gasteiger partial charge in [0.1, 0.15) is 5.01 Å². The van der Waals surface area contributed by atoms with Crippen molar-refractivity contribution in [2.24, 2.45) is 0 Å². The van der Waals surface area contributed by atoms with Crippen molar-refractivity contribution in [1.82, 2.24) is 20.0 Å². The summed E-state index contributed by atoms with van der Waals surface area (Å²) in [7, 11) is 0. The van der Waals surface area contributed by atoms with Crippen LogP contribution in [-0.2, 0) is 0 Å². The van der Waals surface area contributed by atoms with E-state index < -0.39 is 0 Å². The van der Waals surface area contributed by atoms with Gasteiger partial charge in [-0.2, -0.15) is 0 Å². The third-order valence-electron chi connectivity index (χ3n) is 4.19. The van der Waals surface area contributed by atoms with E-state index in [-0.39, 0.29) is 5.91 Å². The van der Waals surface area contributed by atoms with Gasteiger partial charge in [0, 0.05) is 22.8 Å². The minimum absolute atomic E-state index is 0.290. The number of benzene rings is 2. The first-order chi connectivity index (χ1) is 13.1. The smallest absolute Gasteiger partial charge is 0.278 e. The van der Waals surface area contributed by atoms with E-state index in [1.807, 2.05) is 67.8 Å². The Kier molecular flexibility index (Phi) is 4.52. The summed E-state index contributed by atoms with van der Waals surface area (Å²) in [5.41, 5.74) is 4.67. The van der Waals surface area contributed by atoms with E-state index in [1.54, 1.807) is 22.2 Å². The van der Waals surface area contributed by atoms with E-state index in [0.29, 0.717) is 17.1 Å². The number of hydrogen-bond acceptors (Lipinski definition) is 5. The standard InChI is InChI=1S/C20H17N5OS/c1-13-6-8-17(9-7-13)25-14(2)18(23-24-25)19(26)22-16-5-3-4-15(12-16)20-21-10-11-27-20/h3-12H,1-2H3,(H,22,26). The predicted octanol–water partition coefficient (Wildman–Crippen LogP) is 4.26. The highest BCUT2D eigenvalue weighted by Gasteiger charge is 2.17. The van der Waals surface area contributed by atoms with Crippen molar-refractivity contribution in [3.63, 3.8) is 0 Å². The zero-order valence-corrected chi connectivity index (χ0v) is 15.7. The summed E-state index contributed by atoms with van der Waals surface area (Å²) in [6.07, 6.45) is 1.76. The molecule has 0 spiro atoms. The summed E-state index contributed by atoms with van der Waals surface area (Å²) >= 11 is 1.55. The molecule has 4 rings (SSSR count). The molecule has 134 valence electrons. The van der Waals surface area contributed by atoms with Crippen LogP contribution in [0.5, 0.6) is 0 Å². The van der Waals surface area contributed by atoms with E-state index in [4.69, 9.17) is 0 Å². The minimum atomic E-state index is -0.290. The fourth-order valence-electron chi connectivity index (χ4n) is 2.76. The first-order valence-corrected chi connectivity index (χ1v) is 9.30. The van der Waals surface area contributed by atoms with Gasteiger partial charge in [0.25, 0.3) is 5.91 Å². The second kappa shape index (κ2) is 7.13. The van der Waals surface area contributed by atoms with Crippen LogP contribution < -0.4 is 5.32 Å². The van der Waals surface area contributed by atoms with Crippen LogP contribution in [0.2, 0.25) is 0 Å². The zero-order valence-electron chi connectivity index (χ0n) is 14.9. The highest BCUT2D eigenvalue weighted by molar-refractivity contribution is 7.13. The van der Waals surface area contributed by atoms with Gasteiger partial charge in [0.15, 0.2) is 5.69 Å². The van der Waals surface area contributed by atoms with Gasteiger partial charge in [-0.1, -0.05) is 35.0 Å². The van der Waals surface area contributed by atoms with Gasteiger partial charge in [-0.25, -0.2) is 9.67 Å². The molecule has 0 saturated heterocycles. The summed E-state index contributed by atoms with van der Waals surface area (Å²) in [5, 5.41) is 13.9. The molecule has 0 aliphatic carbocycles. The van der Waals surface area contributed by atoms with E-state index in [9.17, 15) is 4.79 Å². The van der Waals surface area contributed by atoms with Gasteiger partial charge < -0.3 is 5.32 Å². The molecule has 0 unspecified atom stereocenters. The second-order valence-corrected chi connectivity index (χ2v) is 7.04. The van der Waals surface area contributed by atoms with E-state index >= 15 is 0 Å². The fraction of sp³-hybridized carbons (Fsp3) is 0.100. The number of carbonyl (C=O) groups is 1. The predicted molar refractivity (Wildman–Crippen MR) is 106 cm³/mol. The van der Waals surface area contributed by atoms with E-state index in [1.165, 1.54) is 0 Å². The van der Waals surface area contributed by atoms with Crippen LogP contribution in [0.25, 0.3) is 16.3 Å². The average Bonchev–Trinajstić information content (AvgIpc) is 3.33. The van der Waals surface area contributed by atoms with Gasteiger partial charge in [0.05, 0.1) is 11.4 Å². The molecule has 0 fully saturated rings. The molecule has 0 saturated carbocycles. The number of thiazole rings is 1. The number of nitrogens with zero attached hydrogens (tertiary/aromatic N) is 4. The molecule has 4 aromatic rings. The molecule has 7 heteroatoms. The number of aryl methyl sites for hydroxylation is 1. The molecule has 1 N–H and O–H groups in total. The zero-order chi connectivity index (χ0) is 18.8. The van der Waals surface area contributed by atoms with Crippen LogP contribution in [0.1, 0.15) is 21.7 Å². The normalized spacial score (nSPS) is 10.7. The topological polar surface area (TPSA) is 72.7 Å². The van der Waals surface area contributed by atoms with Crippen LogP contribution in [-0.4, -0.2) is 25.9 Å². The highest BCUT2D eigenvalue weighted by Crippen LogP contribution is 2.24. The van der Waals surface area contributed by atoms with Crippen molar-refractivity contribution in [2.45, 2.75) is 13.8 Å². The Bertz CT molecular complexity index is 1080. The van der Waals surface area contributed by atoms with Crippen molar-refractivity contribution in [2.75, 3.05) is 5.32 Å². The molecule has 2 aromatic carbocycles. The van der Waals surface area contributed by atoms with Crippen LogP contribution in [0, 0.1) is 13.8 Å². The molecule has 0 radical (unpaired) electrons. The number of nitrogens with one attached hydrogen (secondary N) is 1. The summed E-state index contributed by atoms with van der Waals surface area (Å²) in [6.45, 7) is 3.86. The number of hydrogen-bond donors (Lipinski definition) is 1. The number of anilines is 1. The van der Waals surface area contributed by atoms with Crippen LogP contribution in [0.3, 0.4) is 0 Å². The fourth-order valence-corrected chi connectivity index (χ4v) is 3.39. The average molecular weight is 375 g/mol. The third kappa shape index (κ3) is 3.50. The molecule has 27 heavy (non-hydrogen) atoms. The number of rotatable bonds is 4. The highest BCUT2D eigenvalue weighted by atomic mass is 32.1.